The summed E-state index contributed by atoms with van der Waals surface area (Å²) in [6.07, 6.45) is 0. The number of hydrogen-bond acceptors (Lipinski definition) is 6. The van der Waals surface area contributed by atoms with E-state index in [2.05, 4.69) is 81.0 Å². The Labute approximate surface area is 170 Å². The van der Waals surface area contributed by atoms with E-state index in [-0.39, 0.29) is 0 Å². The van der Waals surface area contributed by atoms with Crippen molar-refractivity contribution >= 4 is 29.4 Å². The van der Waals surface area contributed by atoms with Gasteiger partial charge in [-0.1, -0.05) is 35.9 Å². The predicted molar refractivity (Wildman–Crippen MR) is 117 cm³/mol. The lowest BCUT2D eigenvalue weighted by molar-refractivity contribution is 0.426. The standard InChI is InChI=1S/C22H25N5S/c1-17-8-10-19(11-9-17)24-21-16-18(2)23-22(25-21)26-12-14-27(15-13-26)28-20-6-4-3-5-7-20/h3-11,16H,12-15H2,1-2H3,(H,23,24,25). The van der Waals surface area contributed by atoms with Gasteiger partial charge in [0, 0.05) is 48.5 Å². The summed E-state index contributed by atoms with van der Waals surface area (Å²) in [4.78, 5) is 13.0. The Morgan fingerprint density at radius 3 is 2.29 bits per heavy atom. The molecular weight excluding hydrogens is 366 g/mol. The molecule has 0 aliphatic carbocycles. The van der Waals surface area contributed by atoms with Crippen molar-refractivity contribution in [1.29, 1.82) is 0 Å². The number of aryl methyl sites for hydroxylation is 2. The second kappa shape index (κ2) is 8.63. The van der Waals surface area contributed by atoms with Crippen LogP contribution in [0.5, 0.6) is 0 Å². The zero-order chi connectivity index (χ0) is 19.3. The Morgan fingerprint density at radius 2 is 1.57 bits per heavy atom. The normalized spacial score (nSPS) is 14.9. The molecule has 0 bridgehead atoms. The highest BCUT2D eigenvalue weighted by atomic mass is 32.2. The van der Waals surface area contributed by atoms with Crippen LogP contribution >= 0.6 is 11.9 Å². The van der Waals surface area contributed by atoms with Gasteiger partial charge in [0.25, 0.3) is 0 Å². The third-order valence-electron chi connectivity index (χ3n) is 4.67. The summed E-state index contributed by atoms with van der Waals surface area (Å²) in [5.41, 5.74) is 3.26. The van der Waals surface area contributed by atoms with Crippen LogP contribution < -0.4 is 10.2 Å². The largest absolute Gasteiger partial charge is 0.340 e. The number of benzene rings is 2. The number of hydrogen-bond donors (Lipinski definition) is 1. The van der Waals surface area contributed by atoms with Crippen LogP contribution in [0.2, 0.25) is 0 Å². The summed E-state index contributed by atoms with van der Waals surface area (Å²) >= 11 is 1.82. The van der Waals surface area contributed by atoms with Gasteiger partial charge in [-0.25, -0.2) is 9.29 Å². The fourth-order valence-electron chi connectivity index (χ4n) is 3.15. The van der Waals surface area contributed by atoms with Crippen molar-refractivity contribution in [3.63, 3.8) is 0 Å². The smallest absolute Gasteiger partial charge is 0.227 e. The Morgan fingerprint density at radius 1 is 0.857 bits per heavy atom. The van der Waals surface area contributed by atoms with Crippen molar-refractivity contribution in [2.45, 2.75) is 18.7 Å². The van der Waals surface area contributed by atoms with Crippen molar-refractivity contribution in [3.8, 4) is 0 Å². The fraction of sp³-hybridized carbons (Fsp3) is 0.273. The molecule has 4 rings (SSSR count). The van der Waals surface area contributed by atoms with Gasteiger partial charge in [-0.3, -0.25) is 0 Å². The third kappa shape index (κ3) is 4.82. The molecule has 0 spiro atoms. The van der Waals surface area contributed by atoms with E-state index in [9.17, 15) is 0 Å². The maximum atomic E-state index is 4.76. The van der Waals surface area contributed by atoms with E-state index in [1.807, 2.05) is 24.9 Å². The van der Waals surface area contributed by atoms with E-state index in [4.69, 9.17) is 4.98 Å². The number of aromatic nitrogens is 2. The maximum Gasteiger partial charge on any atom is 0.227 e. The average Bonchev–Trinajstić information content (AvgIpc) is 2.71. The average molecular weight is 392 g/mol. The first kappa shape index (κ1) is 18.8. The van der Waals surface area contributed by atoms with Crippen LogP contribution in [0, 0.1) is 13.8 Å². The van der Waals surface area contributed by atoms with Gasteiger partial charge in [0.2, 0.25) is 5.95 Å². The van der Waals surface area contributed by atoms with Gasteiger partial charge in [0.15, 0.2) is 0 Å². The minimum Gasteiger partial charge on any atom is -0.340 e. The minimum absolute atomic E-state index is 0.805. The first-order valence-electron chi connectivity index (χ1n) is 9.58. The highest BCUT2D eigenvalue weighted by Gasteiger charge is 2.20. The van der Waals surface area contributed by atoms with E-state index in [0.29, 0.717) is 0 Å². The van der Waals surface area contributed by atoms with Crippen LogP contribution in [0.4, 0.5) is 17.5 Å². The van der Waals surface area contributed by atoms with Crippen LogP contribution in [0.15, 0.2) is 65.6 Å². The van der Waals surface area contributed by atoms with Gasteiger partial charge in [0.1, 0.15) is 5.82 Å². The van der Waals surface area contributed by atoms with Crippen molar-refractivity contribution in [1.82, 2.24) is 14.3 Å². The molecule has 1 fully saturated rings. The monoisotopic (exact) mass is 391 g/mol. The Hall–Kier alpha value is -2.57. The lowest BCUT2D eigenvalue weighted by Crippen LogP contribution is -2.44. The molecule has 1 aliphatic rings. The van der Waals surface area contributed by atoms with E-state index < -0.39 is 0 Å². The second-order valence-electron chi connectivity index (χ2n) is 7.01. The van der Waals surface area contributed by atoms with Crippen LogP contribution in [0.3, 0.4) is 0 Å². The quantitative estimate of drug-likeness (QED) is 0.638. The summed E-state index contributed by atoms with van der Waals surface area (Å²) in [5.74, 6) is 1.64. The first-order valence-corrected chi connectivity index (χ1v) is 10.4. The molecule has 1 aliphatic heterocycles. The van der Waals surface area contributed by atoms with Gasteiger partial charge in [-0.05, 0) is 50.1 Å². The molecule has 6 heteroatoms. The topological polar surface area (TPSA) is 44.3 Å². The number of anilines is 3. The second-order valence-corrected chi connectivity index (χ2v) is 8.18. The van der Waals surface area contributed by atoms with Crippen LogP contribution in [-0.2, 0) is 0 Å². The molecule has 1 aromatic heterocycles. The Balaban J connectivity index is 1.40. The van der Waals surface area contributed by atoms with Crippen molar-refractivity contribution < 1.29 is 0 Å². The van der Waals surface area contributed by atoms with Crippen molar-refractivity contribution in [2.75, 3.05) is 36.4 Å². The van der Waals surface area contributed by atoms with Gasteiger partial charge < -0.3 is 10.2 Å². The first-order chi connectivity index (χ1) is 13.7. The molecule has 0 radical (unpaired) electrons. The molecule has 28 heavy (non-hydrogen) atoms. The highest BCUT2D eigenvalue weighted by molar-refractivity contribution is 7.97. The molecule has 0 unspecified atom stereocenters. The van der Waals surface area contributed by atoms with E-state index in [0.717, 1.165) is 49.3 Å². The molecule has 5 nitrogen and oxygen atoms in total. The molecule has 3 aromatic rings. The van der Waals surface area contributed by atoms with Gasteiger partial charge in [0.05, 0.1) is 0 Å². The van der Waals surface area contributed by atoms with Crippen LogP contribution in [-0.4, -0.2) is 40.5 Å². The number of piperazine rings is 1. The molecule has 1 saturated heterocycles. The van der Waals surface area contributed by atoms with E-state index >= 15 is 0 Å². The molecule has 0 atom stereocenters. The van der Waals surface area contributed by atoms with Gasteiger partial charge >= 0.3 is 0 Å². The molecule has 2 aromatic carbocycles. The molecule has 0 saturated carbocycles. The summed E-state index contributed by atoms with van der Waals surface area (Å²) < 4.78 is 2.41. The molecular formula is C22H25N5S. The zero-order valence-electron chi connectivity index (χ0n) is 16.3. The predicted octanol–water partition coefficient (Wildman–Crippen LogP) is 4.67. The summed E-state index contributed by atoms with van der Waals surface area (Å²) in [7, 11) is 0. The zero-order valence-corrected chi connectivity index (χ0v) is 17.1. The fourth-order valence-corrected chi connectivity index (χ4v) is 4.08. The van der Waals surface area contributed by atoms with Gasteiger partial charge in [-0.2, -0.15) is 4.98 Å². The summed E-state index contributed by atoms with van der Waals surface area (Å²) in [5, 5.41) is 3.40. The molecule has 0 amide bonds. The van der Waals surface area contributed by atoms with Crippen LogP contribution in [0.25, 0.3) is 0 Å². The number of nitrogens with zero attached hydrogens (tertiary/aromatic N) is 4. The molecule has 2 heterocycles. The maximum absolute atomic E-state index is 4.76. The highest BCUT2D eigenvalue weighted by Crippen LogP contribution is 2.25. The summed E-state index contributed by atoms with van der Waals surface area (Å²) in [6.45, 7) is 7.93. The SMILES string of the molecule is Cc1ccc(Nc2cc(C)nc(N3CCN(Sc4ccccc4)CC3)n2)cc1. The lowest BCUT2D eigenvalue weighted by Gasteiger charge is -2.34. The lowest BCUT2D eigenvalue weighted by atomic mass is 10.2. The van der Waals surface area contributed by atoms with E-state index in [1.54, 1.807) is 0 Å². The Bertz CT molecular complexity index is 906. The van der Waals surface area contributed by atoms with Crippen LogP contribution in [0.1, 0.15) is 11.3 Å². The third-order valence-corrected chi connectivity index (χ3v) is 5.77. The van der Waals surface area contributed by atoms with E-state index in [1.165, 1.54) is 10.5 Å². The minimum atomic E-state index is 0.805. The molecule has 1 N–H and O–H groups in total. The number of nitrogens with one attached hydrogen (secondary N) is 1. The summed E-state index contributed by atoms with van der Waals surface area (Å²) in [6, 6.07) is 20.9. The van der Waals surface area contributed by atoms with Gasteiger partial charge in [-0.15, -0.1) is 0 Å². The number of rotatable bonds is 5. The van der Waals surface area contributed by atoms with Crippen molar-refractivity contribution in [2.24, 2.45) is 0 Å². The Kier molecular flexibility index (Phi) is 5.78. The molecule has 144 valence electrons. The van der Waals surface area contributed by atoms with Crippen molar-refractivity contribution in [3.05, 3.63) is 71.9 Å².